The SMILES string of the molecule is CC(C)(C)OC(=O)N1CCCN(c2ncc(Cl)cc2F)CC1. The van der Waals surface area contributed by atoms with E-state index in [0.717, 1.165) is 6.42 Å². The molecule has 1 aromatic heterocycles. The van der Waals surface area contributed by atoms with Gasteiger partial charge in [-0.1, -0.05) is 11.6 Å². The fourth-order valence-corrected chi connectivity index (χ4v) is 2.42. The van der Waals surface area contributed by atoms with Crippen LogP contribution in [0.1, 0.15) is 27.2 Å². The molecule has 2 rings (SSSR count). The van der Waals surface area contributed by atoms with Gasteiger partial charge in [-0.2, -0.15) is 0 Å². The van der Waals surface area contributed by atoms with Crippen molar-refractivity contribution in [2.24, 2.45) is 0 Å². The highest BCUT2D eigenvalue weighted by molar-refractivity contribution is 6.30. The highest BCUT2D eigenvalue weighted by atomic mass is 35.5. The van der Waals surface area contributed by atoms with Crippen LogP contribution in [0.15, 0.2) is 12.3 Å². The van der Waals surface area contributed by atoms with Crippen LogP contribution in [0.5, 0.6) is 0 Å². The van der Waals surface area contributed by atoms with E-state index >= 15 is 0 Å². The van der Waals surface area contributed by atoms with Crippen molar-refractivity contribution in [3.8, 4) is 0 Å². The monoisotopic (exact) mass is 329 g/mol. The van der Waals surface area contributed by atoms with Crippen molar-refractivity contribution in [2.75, 3.05) is 31.1 Å². The summed E-state index contributed by atoms with van der Waals surface area (Å²) < 4.78 is 19.3. The Morgan fingerprint density at radius 2 is 2.05 bits per heavy atom. The predicted octanol–water partition coefficient (Wildman–Crippen LogP) is 3.32. The highest BCUT2D eigenvalue weighted by Crippen LogP contribution is 2.21. The molecule has 1 amide bonds. The average molecular weight is 330 g/mol. The maximum atomic E-state index is 14.0. The first-order chi connectivity index (χ1) is 10.3. The standard InChI is InChI=1S/C15H21ClFN3O2/c1-15(2,3)22-14(21)20-6-4-5-19(7-8-20)13-12(17)9-11(16)10-18-13/h9-10H,4-8H2,1-3H3. The molecule has 1 aliphatic heterocycles. The molecule has 2 heterocycles. The van der Waals surface area contributed by atoms with Gasteiger partial charge >= 0.3 is 6.09 Å². The van der Waals surface area contributed by atoms with Crippen LogP contribution in [0.4, 0.5) is 15.0 Å². The van der Waals surface area contributed by atoms with Gasteiger partial charge in [0.2, 0.25) is 0 Å². The largest absolute Gasteiger partial charge is 0.444 e. The van der Waals surface area contributed by atoms with E-state index in [9.17, 15) is 9.18 Å². The molecule has 0 saturated carbocycles. The van der Waals surface area contributed by atoms with Gasteiger partial charge in [0.05, 0.1) is 5.02 Å². The van der Waals surface area contributed by atoms with Gasteiger partial charge in [0.15, 0.2) is 11.6 Å². The topological polar surface area (TPSA) is 45.7 Å². The van der Waals surface area contributed by atoms with Crippen molar-refractivity contribution in [1.29, 1.82) is 0 Å². The van der Waals surface area contributed by atoms with E-state index in [1.807, 2.05) is 25.7 Å². The first-order valence-corrected chi connectivity index (χ1v) is 7.68. The quantitative estimate of drug-likeness (QED) is 0.793. The number of anilines is 1. The fourth-order valence-electron chi connectivity index (χ4n) is 2.28. The lowest BCUT2D eigenvalue weighted by atomic mass is 10.2. The second-order valence-corrected chi connectivity index (χ2v) is 6.70. The molecule has 0 bridgehead atoms. The van der Waals surface area contributed by atoms with Crippen molar-refractivity contribution < 1.29 is 13.9 Å². The van der Waals surface area contributed by atoms with Gasteiger partial charge in [-0.25, -0.2) is 14.2 Å². The summed E-state index contributed by atoms with van der Waals surface area (Å²) in [6.07, 6.45) is 1.82. The zero-order valence-corrected chi connectivity index (χ0v) is 13.9. The Balaban J connectivity index is 2.02. The Kier molecular flexibility index (Phi) is 5.11. The van der Waals surface area contributed by atoms with Crippen LogP contribution < -0.4 is 4.90 Å². The number of halogens is 2. The predicted molar refractivity (Wildman–Crippen MR) is 83.8 cm³/mol. The van der Waals surface area contributed by atoms with Crippen LogP contribution in [0.25, 0.3) is 0 Å². The maximum Gasteiger partial charge on any atom is 0.410 e. The number of hydrogen-bond acceptors (Lipinski definition) is 4. The van der Waals surface area contributed by atoms with Gasteiger partial charge < -0.3 is 14.5 Å². The van der Waals surface area contributed by atoms with Gasteiger partial charge in [0.25, 0.3) is 0 Å². The molecule has 5 nitrogen and oxygen atoms in total. The zero-order chi connectivity index (χ0) is 16.3. The second-order valence-electron chi connectivity index (χ2n) is 6.27. The molecule has 122 valence electrons. The summed E-state index contributed by atoms with van der Waals surface area (Å²) in [6.45, 7) is 7.70. The van der Waals surface area contributed by atoms with Crippen LogP contribution >= 0.6 is 11.6 Å². The van der Waals surface area contributed by atoms with Crippen molar-refractivity contribution in [3.63, 3.8) is 0 Å². The number of aromatic nitrogens is 1. The number of carbonyl (C=O) groups excluding carboxylic acids is 1. The lowest BCUT2D eigenvalue weighted by Crippen LogP contribution is -2.39. The van der Waals surface area contributed by atoms with Crippen molar-refractivity contribution in [2.45, 2.75) is 32.8 Å². The highest BCUT2D eigenvalue weighted by Gasteiger charge is 2.25. The minimum Gasteiger partial charge on any atom is -0.444 e. The molecule has 0 atom stereocenters. The lowest BCUT2D eigenvalue weighted by Gasteiger charge is -2.26. The molecule has 0 aromatic carbocycles. The third-order valence-corrected chi connectivity index (χ3v) is 3.44. The number of rotatable bonds is 1. The molecule has 1 aliphatic rings. The number of nitrogens with zero attached hydrogens (tertiary/aromatic N) is 3. The third-order valence-electron chi connectivity index (χ3n) is 3.24. The molecule has 1 aromatic rings. The summed E-state index contributed by atoms with van der Waals surface area (Å²) in [4.78, 5) is 19.6. The fraction of sp³-hybridized carbons (Fsp3) is 0.600. The number of amides is 1. The molecule has 0 N–H and O–H groups in total. The molecule has 7 heteroatoms. The average Bonchev–Trinajstić information content (AvgIpc) is 2.62. The van der Waals surface area contributed by atoms with Crippen molar-refractivity contribution in [3.05, 3.63) is 23.1 Å². The van der Waals surface area contributed by atoms with E-state index in [1.165, 1.54) is 12.3 Å². The van der Waals surface area contributed by atoms with E-state index in [1.54, 1.807) is 4.90 Å². The van der Waals surface area contributed by atoms with Gasteiger partial charge in [0, 0.05) is 32.4 Å². The number of ether oxygens (including phenoxy) is 1. The molecule has 1 fully saturated rings. The smallest absolute Gasteiger partial charge is 0.410 e. The minimum absolute atomic E-state index is 0.270. The zero-order valence-electron chi connectivity index (χ0n) is 13.1. The molecule has 22 heavy (non-hydrogen) atoms. The van der Waals surface area contributed by atoms with Crippen LogP contribution in [-0.2, 0) is 4.74 Å². The Hall–Kier alpha value is -1.56. The van der Waals surface area contributed by atoms with Crippen molar-refractivity contribution >= 4 is 23.5 Å². The van der Waals surface area contributed by atoms with Crippen LogP contribution in [-0.4, -0.2) is 47.8 Å². The summed E-state index contributed by atoms with van der Waals surface area (Å²) >= 11 is 5.72. The summed E-state index contributed by atoms with van der Waals surface area (Å²) in [6, 6.07) is 1.25. The first kappa shape index (κ1) is 16.8. The normalized spacial score (nSPS) is 16.4. The summed E-state index contributed by atoms with van der Waals surface area (Å²) in [5.74, 6) is -0.173. The molecule has 0 unspecified atom stereocenters. The number of hydrogen-bond donors (Lipinski definition) is 0. The van der Waals surface area contributed by atoms with Gasteiger partial charge in [-0.15, -0.1) is 0 Å². The Morgan fingerprint density at radius 3 is 2.68 bits per heavy atom. The Bertz CT molecular complexity index is 548. The summed E-state index contributed by atoms with van der Waals surface area (Å²) in [7, 11) is 0. The van der Waals surface area contributed by atoms with Crippen LogP contribution in [0.3, 0.4) is 0 Å². The van der Waals surface area contributed by atoms with E-state index in [2.05, 4.69) is 4.98 Å². The molecule has 0 spiro atoms. The molecular weight excluding hydrogens is 309 g/mol. The van der Waals surface area contributed by atoms with E-state index in [-0.39, 0.29) is 16.9 Å². The molecule has 1 saturated heterocycles. The van der Waals surface area contributed by atoms with E-state index in [4.69, 9.17) is 16.3 Å². The Morgan fingerprint density at radius 1 is 1.32 bits per heavy atom. The first-order valence-electron chi connectivity index (χ1n) is 7.30. The maximum absolute atomic E-state index is 14.0. The molecular formula is C15H21ClFN3O2. The molecule has 0 aliphatic carbocycles. The molecule has 0 radical (unpaired) electrons. The van der Waals surface area contributed by atoms with E-state index in [0.29, 0.717) is 26.2 Å². The summed E-state index contributed by atoms with van der Waals surface area (Å²) in [5.41, 5.74) is -0.521. The second kappa shape index (κ2) is 6.69. The van der Waals surface area contributed by atoms with Gasteiger partial charge in [-0.05, 0) is 33.3 Å². The third kappa shape index (κ3) is 4.47. The van der Waals surface area contributed by atoms with Crippen LogP contribution in [0.2, 0.25) is 5.02 Å². The summed E-state index contributed by atoms with van der Waals surface area (Å²) in [5, 5.41) is 0.270. The number of carbonyl (C=O) groups is 1. The minimum atomic E-state index is -0.521. The van der Waals surface area contributed by atoms with Crippen molar-refractivity contribution in [1.82, 2.24) is 9.88 Å². The van der Waals surface area contributed by atoms with Crippen LogP contribution in [0, 0.1) is 5.82 Å². The Labute approximate surface area is 135 Å². The van der Waals surface area contributed by atoms with E-state index < -0.39 is 11.4 Å². The van der Waals surface area contributed by atoms with Gasteiger partial charge in [-0.3, -0.25) is 0 Å². The number of pyridine rings is 1. The van der Waals surface area contributed by atoms with Gasteiger partial charge in [0.1, 0.15) is 5.60 Å². The lowest BCUT2D eigenvalue weighted by molar-refractivity contribution is 0.0263.